The monoisotopic (exact) mass is 434 g/mol. The molecule has 0 amide bonds. The summed E-state index contributed by atoms with van der Waals surface area (Å²) in [7, 11) is 0. The number of ether oxygens (including phenoxy) is 2. The first-order valence-electron chi connectivity index (χ1n) is 12.4. The lowest BCUT2D eigenvalue weighted by atomic mass is 10.1. The van der Waals surface area contributed by atoms with E-state index in [1.165, 1.54) is 38.5 Å². The Morgan fingerprint density at radius 1 is 0.839 bits per heavy atom. The van der Waals surface area contributed by atoms with E-state index < -0.39 is 0 Å². The van der Waals surface area contributed by atoms with Crippen molar-refractivity contribution < 1.29 is 19.1 Å². The number of carbonyl (C=O) groups is 2. The fourth-order valence-electron chi connectivity index (χ4n) is 3.06. The zero-order valence-electron chi connectivity index (χ0n) is 20.1. The lowest BCUT2D eigenvalue weighted by Crippen LogP contribution is -2.22. The molecule has 0 bridgehead atoms. The summed E-state index contributed by atoms with van der Waals surface area (Å²) in [5.41, 5.74) is 0. The van der Waals surface area contributed by atoms with Crippen molar-refractivity contribution >= 4 is 12.3 Å². The highest BCUT2D eigenvalue weighted by molar-refractivity contribution is 5.69. The third-order valence-electron chi connectivity index (χ3n) is 5.10. The number of carbonyl (C=O) groups excluding carboxylic acids is 2. The van der Waals surface area contributed by atoms with Crippen LogP contribution in [-0.4, -0.2) is 25.0 Å². The Balaban J connectivity index is 3.60. The van der Waals surface area contributed by atoms with Crippen LogP contribution in [0.1, 0.15) is 110 Å². The third kappa shape index (κ3) is 21.2. The van der Waals surface area contributed by atoms with Crippen LogP contribution in [0.15, 0.2) is 36.6 Å². The van der Waals surface area contributed by atoms with Crippen molar-refractivity contribution in [1.29, 1.82) is 0 Å². The Hall–Kier alpha value is -1.84. The summed E-state index contributed by atoms with van der Waals surface area (Å²) < 4.78 is 11.0. The zero-order valence-corrected chi connectivity index (χ0v) is 20.1. The Morgan fingerprint density at radius 2 is 1.48 bits per heavy atom. The molecule has 0 aliphatic heterocycles. The lowest BCUT2D eigenvalue weighted by Gasteiger charge is -2.17. The molecule has 4 nitrogen and oxygen atoms in total. The van der Waals surface area contributed by atoms with Crippen LogP contribution in [-0.2, 0) is 19.1 Å². The minimum absolute atomic E-state index is 0.153. The van der Waals surface area contributed by atoms with E-state index in [4.69, 9.17) is 9.47 Å². The smallest absolute Gasteiger partial charge is 0.306 e. The second-order valence-corrected chi connectivity index (χ2v) is 8.06. The first-order chi connectivity index (χ1) is 15.1. The van der Waals surface area contributed by atoms with E-state index >= 15 is 0 Å². The number of aldehydes is 1. The quantitative estimate of drug-likeness (QED) is 0.0578. The first-order valence-corrected chi connectivity index (χ1v) is 12.4. The summed E-state index contributed by atoms with van der Waals surface area (Å²) >= 11 is 0. The van der Waals surface area contributed by atoms with E-state index in [1.807, 2.05) is 6.92 Å². The van der Waals surface area contributed by atoms with Gasteiger partial charge in [0, 0.05) is 19.3 Å². The summed E-state index contributed by atoms with van der Waals surface area (Å²) in [6.45, 7) is 8.28. The molecule has 0 saturated heterocycles. The molecule has 0 aliphatic carbocycles. The fourth-order valence-corrected chi connectivity index (χ4v) is 3.06. The van der Waals surface area contributed by atoms with E-state index in [0.717, 1.165) is 38.4 Å². The van der Waals surface area contributed by atoms with Crippen molar-refractivity contribution in [2.45, 2.75) is 116 Å². The SMILES string of the molecule is C=C(CCC=O)OCC(CC)OC(=O)CCCCCCC/C=C\C/C=C\CCCCC. The molecule has 0 radical (unpaired) electrons. The molecule has 31 heavy (non-hydrogen) atoms. The van der Waals surface area contributed by atoms with Crippen molar-refractivity contribution in [2.24, 2.45) is 0 Å². The van der Waals surface area contributed by atoms with Gasteiger partial charge in [-0.05, 0) is 44.9 Å². The van der Waals surface area contributed by atoms with Gasteiger partial charge in [0.15, 0.2) is 0 Å². The highest BCUT2D eigenvalue weighted by Gasteiger charge is 2.13. The van der Waals surface area contributed by atoms with Gasteiger partial charge in [0.25, 0.3) is 0 Å². The van der Waals surface area contributed by atoms with Crippen molar-refractivity contribution in [3.05, 3.63) is 36.6 Å². The van der Waals surface area contributed by atoms with Gasteiger partial charge in [-0.25, -0.2) is 0 Å². The van der Waals surface area contributed by atoms with Crippen LogP contribution in [0.4, 0.5) is 0 Å². The van der Waals surface area contributed by atoms with E-state index in [0.29, 0.717) is 38.0 Å². The number of hydrogen-bond donors (Lipinski definition) is 0. The number of allylic oxidation sites excluding steroid dienone is 5. The zero-order chi connectivity index (χ0) is 23.0. The van der Waals surface area contributed by atoms with Crippen LogP contribution in [0, 0.1) is 0 Å². The van der Waals surface area contributed by atoms with Gasteiger partial charge in [-0.2, -0.15) is 0 Å². The number of hydrogen-bond acceptors (Lipinski definition) is 4. The summed E-state index contributed by atoms with van der Waals surface area (Å²) in [6.07, 6.45) is 24.6. The summed E-state index contributed by atoms with van der Waals surface area (Å²) in [6, 6.07) is 0. The molecule has 0 spiro atoms. The van der Waals surface area contributed by atoms with Gasteiger partial charge < -0.3 is 14.3 Å². The first kappa shape index (κ1) is 29.2. The maximum Gasteiger partial charge on any atom is 0.306 e. The van der Waals surface area contributed by atoms with Gasteiger partial charge in [0.1, 0.15) is 19.0 Å². The molecule has 0 aromatic heterocycles. The highest BCUT2D eigenvalue weighted by atomic mass is 16.6. The van der Waals surface area contributed by atoms with Crippen LogP contribution in [0.5, 0.6) is 0 Å². The average Bonchev–Trinajstić information content (AvgIpc) is 2.77. The minimum Gasteiger partial charge on any atom is -0.495 e. The molecular weight excluding hydrogens is 388 g/mol. The molecule has 1 unspecified atom stereocenters. The van der Waals surface area contributed by atoms with Crippen molar-refractivity contribution in [2.75, 3.05) is 6.61 Å². The largest absolute Gasteiger partial charge is 0.495 e. The molecule has 4 heteroatoms. The molecule has 0 aromatic carbocycles. The van der Waals surface area contributed by atoms with Crippen LogP contribution in [0.25, 0.3) is 0 Å². The maximum absolute atomic E-state index is 12.0. The van der Waals surface area contributed by atoms with Gasteiger partial charge in [-0.15, -0.1) is 0 Å². The Labute approximate surface area is 191 Å². The second kappa shape index (κ2) is 22.8. The van der Waals surface area contributed by atoms with Gasteiger partial charge in [0.05, 0.1) is 5.76 Å². The average molecular weight is 435 g/mol. The molecular formula is C27H46O4. The predicted molar refractivity (Wildman–Crippen MR) is 130 cm³/mol. The van der Waals surface area contributed by atoms with E-state index in [-0.39, 0.29) is 12.1 Å². The Bertz CT molecular complexity index is 507. The van der Waals surface area contributed by atoms with E-state index in [9.17, 15) is 9.59 Å². The van der Waals surface area contributed by atoms with Gasteiger partial charge >= 0.3 is 5.97 Å². The van der Waals surface area contributed by atoms with Gasteiger partial charge in [0.2, 0.25) is 0 Å². The molecule has 1 atom stereocenters. The molecule has 0 N–H and O–H groups in total. The van der Waals surface area contributed by atoms with E-state index in [1.54, 1.807) is 0 Å². The van der Waals surface area contributed by atoms with E-state index in [2.05, 4.69) is 37.8 Å². The summed E-state index contributed by atoms with van der Waals surface area (Å²) in [5.74, 6) is 0.412. The van der Waals surface area contributed by atoms with Crippen molar-refractivity contribution in [1.82, 2.24) is 0 Å². The van der Waals surface area contributed by atoms with Crippen molar-refractivity contribution in [3.63, 3.8) is 0 Å². The Morgan fingerprint density at radius 3 is 2.13 bits per heavy atom. The normalized spacial score (nSPS) is 12.3. The number of esters is 1. The summed E-state index contributed by atoms with van der Waals surface area (Å²) in [4.78, 5) is 22.4. The molecule has 0 heterocycles. The predicted octanol–water partition coefficient (Wildman–Crippen LogP) is 7.63. The molecule has 0 aromatic rings. The van der Waals surface area contributed by atoms with Crippen LogP contribution >= 0.6 is 0 Å². The standard InChI is InChI=1S/C27H46O4/c1-4-6-7-8-9-10-11-12-13-14-15-16-17-18-19-22-27(29)31-26(5-2)24-30-25(3)21-20-23-28/h9-10,12-13,23,26H,3-8,11,14-22,24H2,1-2H3/b10-9-,13-12-. The fraction of sp³-hybridized carbons (Fsp3) is 0.704. The molecule has 178 valence electrons. The Kier molecular flexibility index (Phi) is 21.5. The van der Waals surface area contributed by atoms with Crippen LogP contribution < -0.4 is 0 Å². The van der Waals surface area contributed by atoms with Crippen molar-refractivity contribution in [3.8, 4) is 0 Å². The lowest BCUT2D eigenvalue weighted by molar-refractivity contribution is -0.151. The van der Waals surface area contributed by atoms with Gasteiger partial charge in [-0.1, -0.05) is 76.8 Å². The third-order valence-corrected chi connectivity index (χ3v) is 5.10. The van der Waals surface area contributed by atoms with Crippen LogP contribution in [0.3, 0.4) is 0 Å². The molecule has 0 aliphatic rings. The van der Waals surface area contributed by atoms with Gasteiger partial charge in [-0.3, -0.25) is 4.79 Å². The maximum atomic E-state index is 12.0. The topological polar surface area (TPSA) is 52.6 Å². The molecule has 0 saturated carbocycles. The number of rotatable bonds is 22. The molecule has 0 rings (SSSR count). The van der Waals surface area contributed by atoms with Crippen LogP contribution in [0.2, 0.25) is 0 Å². The number of unbranched alkanes of at least 4 members (excludes halogenated alkanes) is 8. The minimum atomic E-state index is -0.251. The highest BCUT2D eigenvalue weighted by Crippen LogP contribution is 2.11. The summed E-state index contributed by atoms with van der Waals surface area (Å²) in [5, 5.41) is 0. The second-order valence-electron chi connectivity index (χ2n) is 8.06. The molecule has 0 fully saturated rings.